The number of fused-ring (bicyclic) bond motifs is 2. The van der Waals surface area contributed by atoms with Gasteiger partial charge in [0, 0.05) is 0 Å². The maximum atomic E-state index is 14.0. The summed E-state index contributed by atoms with van der Waals surface area (Å²) in [6.45, 7) is 9.85. The number of carbonyl (C=O) groups is 1. The number of aliphatic hydroxyl groups excluding tert-OH is 1. The smallest absolute Gasteiger partial charge is 0.497 e. The Bertz CT molecular complexity index is 2980. The standard InChI is InChI=1S/C53H55N5O13Si/c1-52(2,3)72(6,7)71-46-45(60)43(31-67-53(34-14-10-8-11-15-34,35-19-23-37(63-4)24-20-35)36-21-25-38(64-5)26-22-36)68-50(46)57-32-54-44-48(57)55-47(40(59)30-65-39-16-12-9-13-17-39)56-49(44)66-29-33-18-27-41-42(28-33)70-51(69-41)58(61)62/h8-28,32,43,45-46,50-51,60H,29-31H2,1-7H3/t43-,45-,46-,50-,51?/m1/s1. The van der Waals surface area contributed by atoms with Crippen molar-refractivity contribution < 1.29 is 57.1 Å². The van der Waals surface area contributed by atoms with Crippen LogP contribution in [0.2, 0.25) is 18.1 Å². The van der Waals surface area contributed by atoms with Crippen LogP contribution in [-0.4, -0.2) is 95.8 Å². The van der Waals surface area contributed by atoms with Crippen LogP contribution < -0.4 is 28.4 Å². The van der Waals surface area contributed by atoms with Gasteiger partial charge in [-0.05, 0) is 88.9 Å². The van der Waals surface area contributed by atoms with E-state index < -0.39 is 62.2 Å². The van der Waals surface area contributed by atoms with Gasteiger partial charge >= 0.3 is 6.41 Å². The van der Waals surface area contributed by atoms with E-state index in [1.54, 1.807) is 61.3 Å². The molecular weight excluding hydrogens is 943 g/mol. The lowest BCUT2D eigenvalue weighted by Crippen LogP contribution is -2.49. The monoisotopic (exact) mass is 997 g/mol. The minimum atomic E-state index is -2.67. The van der Waals surface area contributed by atoms with Gasteiger partial charge in [0.2, 0.25) is 17.5 Å². The Hall–Kier alpha value is -7.42. The third-order valence-corrected chi connectivity index (χ3v) is 17.7. The maximum Gasteiger partial charge on any atom is 0.517 e. The van der Waals surface area contributed by atoms with Crippen LogP contribution in [-0.2, 0) is 26.1 Å². The Labute approximate surface area is 416 Å². The van der Waals surface area contributed by atoms with E-state index in [1.165, 1.54) is 6.33 Å². The average Bonchev–Trinajstić information content (AvgIpc) is 4.10. The zero-order valence-corrected chi connectivity index (χ0v) is 41.8. The lowest BCUT2D eigenvalue weighted by Gasteiger charge is -2.40. The molecule has 19 heteroatoms. The van der Waals surface area contributed by atoms with Crippen molar-refractivity contribution in [3.63, 3.8) is 0 Å². The molecule has 0 spiro atoms. The summed E-state index contributed by atoms with van der Waals surface area (Å²) in [4.78, 5) is 38.7. The summed E-state index contributed by atoms with van der Waals surface area (Å²) in [6, 6.07) is 38.7. The second-order valence-corrected chi connectivity index (χ2v) is 23.6. The van der Waals surface area contributed by atoms with Gasteiger partial charge in [0.25, 0.3) is 0 Å². The Kier molecular flexibility index (Phi) is 14.0. The predicted molar refractivity (Wildman–Crippen MR) is 265 cm³/mol. The molecule has 18 nitrogen and oxygen atoms in total. The summed E-state index contributed by atoms with van der Waals surface area (Å²) < 4.78 is 56.8. The largest absolute Gasteiger partial charge is 0.517 e. The normalized spacial score (nSPS) is 18.8. The van der Waals surface area contributed by atoms with Crippen molar-refractivity contribution in [2.24, 2.45) is 0 Å². The van der Waals surface area contributed by atoms with E-state index in [0.29, 0.717) is 22.8 Å². The number of aliphatic hydroxyl groups is 1. The van der Waals surface area contributed by atoms with E-state index in [1.807, 2.05) is 84.9 Å². The van der Waals surface area contributed by atoms with Crippen molar-refractivity contribution in [3.05, 3.63) is 172 Å². The summed E-state index contributed by atoms with van der Waals surface area (Å²) in [7, 11) is 0.547. The van der Waals surface area contributed by atoms with Gasteiger partial charge in [-0.1, -0.05) is 99.6 Å². The molecule has 0 aliphatic carbocycles. The molecule has 1 fully saturated rings. The minimum absolute atomic E-state index is 0.0467. The third-order valence-electron chi connectivity index (χ3n) is 13.2. The number of ether oxygens (including phenoxy) is 8. The van der Waals surface area contributed by atoms with E-state index >= 15 is 0 Å². The second kappa shape index (κ2) is 20.4. The average molecular weight is 998 g/mol. The summed E-state index contributed by atoms with van der Waals surface area (Å²) in [5.74, 6) is 1.33. The highest BCUT2D eigenvalue weighted by Gasteiger charge is 2.52. The Balaban J connectivity index is 1.10. The van der Waals surface area contributed by atoms with Crippen molar-refractivity contribution in [1.29, 1.82) is 0 Å². The van der Waals surface area contributed by atoms with Crippen molar-refractivity contribution in [2.45, 2.75) is 82.1 Å². The summed E-state index contributed by atoms with van der Waals surface area (Å²) >= 11 is 0. The zero-order valence-electron chi connectivity index (χ0n) is 40.8. The minimum Gasteiger partial charge on any atom is -0.497 e. The fourth-order valence-corrected chi connectivity index (χ4v) is 9.64. The number of Topliss-reactive ketones (excluding diaryl/α,β-unsaturated/α-hetero) is 1. The highest BCUT2D eigenvalue weighted by atomic mass is 28.4. The van der Waals surface area contributed by atoms with E-state index in [9.17, 15) is 20.0 Å². The number of nitro groups is 1. The predicted octanol–water partition coefficient (Wildman–Crippen LogP) is 8.67. The summed E-state index contributed by atoms with van der Waals surface area (Å²) in [5, 5.41) is 23.7. The highest BCUT2D eigenvalue weighted by molar-refractivity contribution is 6.74. The van der Waals surface area contributed by atoms with Gasteiger partial charge in [-0.3, -0.25) is 19.5 Å². The number of methoxy groups -OCH3 is 2. The molecule has 0 saturated carbocycles. The van der Waals surface area contributed by atoms with Crippen LogP contribution in [0.1, 0.15) is 59.9 Å². The van der Waals surface area contributed by atoms with Crippen molar-refractivity contribution in [1.82, 2.24) is 19.5 Å². The van der Waals surface area contributed by atoms with Gasteiger partial charge in [-0.15, -0.1) is 0 Å². The molecule has 7 aromatic rings. The highest BCUT2D eigenvalue weighted by Crippen LogP contribution is 2.46. The van der Waals surface area contributed by atoms with E-state index in [4.69, 9.17) is 52.3 Å². The maximum absolute atomic E-state index is 14.0. The first kappa shape index (κ1) is 49.6. The van der Waals surface area contributed by atoms with E-state index in [0.717, 1.165) is 16.7 Å². The van der Waals surface area contributed by atoms with Gasteiger partial charge in [-0.25, -0.2) is 9.97 Å². The van der Waals surface area contributed by atoms with Gasteiger partial charge in [0.15, 0.2) is 43.8 Å². The Morgan fingerprint density at radius 3 is 2.01 bits per heavy atom. The van der Waals surface area contributed by atoms with Crippen LogP contribution in [0.3, 0.4) is 0 Å². The topological polar surface area (TPSA) is 207 Å². The quantitative estimate of drug-likeness (QED) is 0.0264. The van der Waals surface area contributed by atoms with Crippen LogP contribution in [0.4, 0.5) is 0 Å². The van der Waals surface area contributed by atoms with Crippen LogP contribution in [0, 0.1) is 10.1 Å². The molecule has 0 amide bonds. The first-order chi connectivity index (χ1) is 34.6. The number of carbonyl (C=O) groups excluding carboxylic acids is 1. The number of imidazole rings is 1. The molecule has 0 bridgehead atoms. The fraction of sp³-hybridized carbons (Fsp3) is 0.321. The Morgan fingerprint density at radius 2 is 1.40 bits per heavy atom. The number of para-hydroxylation sites is 1. The van der Waals surface area contributed by atoms with Gasteiger partial charge < -0.3 is 47.4 Å². The number of benzene rings is 5. The molecule has 5 atom stereocenters. The van der Waals surface area contributed by atoms with Gasteiger partial charge in [0.05, 0.1) is 27.2 Å². The van der Waals surface area contributed by atoms with Gasteiger partial charge in [-0.2, -0.15) is 4.98 Å². The molecule has 72 heavy (non-hydrogen) atoms. The van der Waals surface area contributed by atoms with Crippen LogP contribution in [0.15, 0.2) is 134 Å². The Morgan fingerprint density at radius 1 is 0.792 bits per heavy atom. The molecule has 2 aliphatic heterocycles. The lowest BCUT2D eigenvalue weighted by molar-refractivity contribution is -0.600. The first-order valence-corrected chi connectivity index (χ1v) is 26.2. The van der Waals surface area contributed by atoms with Crippen molar-refractivity contribution in [3.8, 4) is 34.6 Å². The molecule has 1 saturated heterocycles. The molecule has 1 N–H and O–H groups in total. The van der Waals surface area contributed by atoms with E-state index in [2.05, 4.69) is 38.8 Å². The fourth-order valence-electron chi connectivity index (χ4n) is 8.35. The molecule has 5 aromatic carbocycles. The van der Waals surface area contributed by atoms with Crippen molar-refractivity contribution >= 4 is 25.3 Å². The second-order valence-electron chi connectivity index (χ2n) is 18.8. The summed E-state index contributed by atoms with van der Waals surface area (Å²) in [6.07, 6.45) is -4.46. The summed E-state index contributed by atoms with van der Waals surface area (Å²) in [5.41, 5.74) is 2.04. The number of hydrogen-bond donors (Lipinski definition) is 1. The zero-order chi connectivity index (χ0) is 50.8. The molecule has 0 radical (unpaired) electrons. The number of hydrogen-bond acceptors (Lipinski definition) is 16. The van der Waals surface area contributed by atoms with Crippen molar-refractivity contribution in [2.75, 3.05) is 27.4 Å². The lowest BCUT2D eigenvalue weighted by atomic mass is 9.80. The molecule has 2 aromatic heterocycles. The van der Waals surface area contributed by atoms with E-state index in [-0.39, 0.29) is 52.6 Å². The number of nitrogens with zero attached hydrogens (tertiary/aromatic N) is 5. The molecule has 4 heterocycles. The molecule has 9 rings (SSSR count). The molecule has 1 unspecified atom stereocenters. The number of rotatable bonds is 19. The third kappa shape index (κ3) is 9.93. The first-order valence-electron chi connectivity index (χ1n) is 23.3. The van der Waals surface area contributed by atoms with Crippen LogP contribution in [0.5, 0.6) is 34.6 Å². The number of ketones is 1. The van der Waals surface area contributed by atoms with Crippen LogP contribution in [0.25, 0.3) is 11.2 Å². The van der Waals surface area contributed by atoms with Gasteiger partial charge in [0.1, 0.15) is 52.7 Å². The molecular formula is C53H55N5O13Si. The SMILES string of the molecule is COc1ccc(C(OC[C@H]2O[C@@H](n3cnc4c(OCc5ccc6c(c5)OC([N+](=O)[O-])O6)nc(C(=O)COc5ccccc5)nc43)[C@H](O[Si](C)(C)C(C)(C)C)[C@@H]2O)(c2ccccc2)c2ccc(OC)cc2)cc1. The number of aromatic nitrogens is 4. The van der Waals surface area contributed by atoms with Crippen LogP contribution >= 0.6 is 0 Å². The molecule has 2 aliphatic rings. The molecule has 374 valence electrons.